The normalized spacial score (nSPS) is 12.8. The first-order valence-corrected chi connectivity index (χ1v) is 7.73. The van der Waals surface area contributed by atoms with Gasteiger partial charge >= 0.3 is 6.03 Å². The highest BCUT2D eigenvalue weighted by molar-refractivity contribution is 5.74. The van der Waals surface area contributed by atoms with Crippen LogP contribution in [-0.2, 0) is 11.2 Å². The van der Waals surface area contributed by atoms with E-state index in [1.165, 1.54) is 0 Å². The van der Waals surface area contributed by atoms with Crippen molar-refractivity contribution >= 4 is 6.03 Å². The van der Waals surface area contributed by atoms with Crippen LogP contribution in [0.2, 0.25) is 0 Å². The van der Waals surface area contributed by atoms with Crippen LogP contribution in [0, 0.1) is 6.92 Å². The van der Waals surface area contributed by atoms with E-state index in [1.54, 1.807) is 18.2 Å². The van der Waals surface area contributed by atoms with E-state index in [2.05, 4.69) is 10.3 Å². The summed E-state index contributed by atoms with van der Waals surface area (Å²) < 4.78 is 5.35. The molecule has 124 valence electrons. The minimum Gasteiger partial charge on any atom is -0.379 e. The monoisotopic (exact) mass is 307 g/mol. The zero-order chi connectivity index (χ0) is 16.8. The number of aromatic nitrogens is 1. The molecular formula is C17H29N3O2. The summed E-state index contributed by atoms with van der Waals surface area (Å²) in [6, 6.07) is 4.00. The summed E-state index contributed by atoms with van der Waals surface area (Å²) in [5.41, 5.74) is 1.97. The molecule has 1 aromatic rings. The maximum atomic E-state index is 12.2. The minimum absolute atomic E-state index is 0.0620. The van der Waals surface area contributed by atoms with E-state index in [1.807, 2.05) is 46.9 Å². The quantitative estimate of drug-likeness (QED) is 0.843. The summed E-state index contributed by atoms with van der Waals surface area (Å²) in [7, 11) is 3.50. The lowest BCUT2D eigenvalue weighted by molar-refractivity contribution is 0.0162. The van der Waals surface area contributed by atoms with Crippen molar-refractivity contribution in [3.05, 3.63) is 29.6 Å². The number of urea groups is 1. The van der Waals surface area contributed by atoms with E-state index in [-0.39, 0.29) is 17.7 Å². The van der Waals surface area contributed by atoms with Gasteiger partial charge in [0.05, 0.1) is 5.60 Å². The molecule has 0 aliphatic heterocycles. The Kier molecular flexibility index (Phi) is 6.81. The van der Waals surface area contributed by atoms with Crippen molar-refractivity contribution in [1.82, 2.24) is 15.2 Å². The number of nitrogens with one attached hydrogen (secondary N) is 1. The summed E-state index contributed by atoms with van der Waals surface area (Å²) in [5, 5.41) is 2.94. The largest absolute Gasteiger partial charge is 0.379 e. The van der Waals surface area contributed by atoms with E-state index >= 15 is 0 Å². The van der Waals surface area contributed by atoms with Crippen molar-refractivity contribution in [2.75, 3.05) is 20.7 Å². The number of nitrogens with zero attached hydrogens (tertiary/aromatic N) is 2. The van der Waals surface area contributed by atoms with Crippen LogP contribution in [0.5, 0.6) is 0 Å². The van der Waals surface area contributed by atoms with Crippen molar-refractivity contribution in [2.45, 2.75) is 52.2 Å². The summed E-state index contributed by atoms with van der Waals surface area (Å²) in [6.45, 7) is 8.69. The second-order valence-electron chi connectivity index (χ2n) is 6.38. The van der Waals surface area contributed by atoms with Crippen molar-refractivity contribution in [2.24, 2.45) is 0 Å². The van der Waals surface area contributed by atoms with Crippen LogP contribution < -0.4 is 5.32 Å². The lowest BCUT2D eigenvalue weighted by Gasteiger charge is -2.27. The van der Waals surface area contributed by atoms with Crippen molar-refractivity contribution in [3.8, 4) is 0 Å². The average Bonchev–Trinajstić information content (AvgIpc) is 2.48. The second kappa shape index (κ2) is 8.13. The molecule has 0 aromatic carbocycles. The molecule has 0 aliphatic rings. The Morgan fingerprint density at radius 3 is 2.77 bits per heavy atom. The van der Waals surface area contributed by atoms with Gasteiger partial charge in [0.15, 0.2) is 0 Å². The number of amides is 2. The Morgan fingerprint density at radius 2 is 2.18 bits per heavy atom. The van der Waals surface area contributed by atoms with Crippen LogP contribution in [0.1, 0.15) is 38.4 Å². The zero-order valence-corrected chi connectivity index (χ0v) is 14.6. The lowest BCUT2D eigenvalue weighted by atomic mass is 10.1. The van der Waals surface area contributed by atoms with Gasteiger partial charge in [-0.3, -0.25) is 4.98 Å². The van der Waals surface area contributed by atoms with Crippen molar-refractivity contribution in [3.63, 3.8) is 0 Å². The van der Waals surface area contributed by atoms with Crippen LogP contribution in [-0.4, -0.2) is 48.3 Å². The molecule has 1 unspecified atom stereocenters. The number of hydrogen-bond acceptors (Lipinski definition) is 3. The highest BCUT2D eigenvalue weighted by atomic mass is 16.5. The third-order valence-electron chi connectivity index (χ3n) is 4.14. The molecule has 0 saturated carbocycles. The van der Waals surface area contributed by atoms with Gasteiger partial charge in [0.25, 0.3) is 0 Å². The Bertz CT molecular complexity index is 489. The maximum Gasteiger partial charge on any atom is 0.317 e. The first-order valence-electron chi connectivity index (χ1n) is 7.73. The number of pyridine rings is 1. The van der Waals surface area contributed by atoms with Crippen LogP contribution in [0.15, 0.2) is 18.3 Å². The molecule has 0 aliphatic carbocycles. The number of likely N-dealkylation sites (N-methyl/N-ethyl adjacent to an activating group) is 1. The van der Waals surface area contributed by atoms with E-state index in [0.29, 0.717) is 6.54 Å². The van der Waals surface area contributed by atoms with Gasteiger partial charge in [-0.05, 0) is 45.7 Å². The van der Waals surface area contributed by atoms with Gasteiger partial charge in [-0.2, -0.15) is 0 Å². The molecule has 1 N–H and O–H groups in total. The second-order valence-corrected chi connectivity index (χ2v) is 6.38. The molecule has 0 saturated heterocycles. The third-order valence-corrected chi connectivity index (χ3v) is 4.14. The maximum absolute atomic E-state index is 12.2. The van der Waals surface area contributed by atoms with E-state index in [9.17, 15) is 4.79 Å². The molecule has 5 nitrogen and oxygen atoms in total. The number of carbonyl (C=O) groups excluding carboxylic acids is 1. The molecule has 5 heteroatoms. The summed E-state index contributed by atoms with van der Waals surface area (Å²) in [6.07, 6.45) is 3.32. The Balaban J connectivity index is 2.47. The molecule has 2 amide bonds. The smallest absolute Gasteiger partial charge is 0.317 e. The SMILES string of the molecule is COC(C)(C)CCNC(=O)N(C)C(C)Cc1ncccc1C. The van der Waals surface area contributed by atoms with Crippen molar-refractivity contribution in [1.29, 1.82) is 0 Å². The highest BCUT2D eigenvalue weighted by Crippen LogP contribution is 2.12. The van der Waals surface area contributed by atoms with Gasteiger partial charge in [-0.25, -0.2) is 4.79 Å². The van der Waals surface area contributed by atoms with E-state index in [4.69, 9.17) is 4.74 Å². The predicted molar refractivity (Wildman–Crippen MR) is 89.0 cm³/mol. The Morgan fingerprint density at radius 1 is 1.50 bits per heavy atom. The number of rotatable bonds is 7. The van der Waals surface area contributed by atoms with Gasteiger partial charge in [0, 0.05) is 45.1 Å². The molecule has 1 rings (SSSR count). The van der Waals surface area contributed by atoms with Crippen LogP contribution in [0.3, 0.4) is 0 Å². The molecule has 1 heterocycles. The van der Waals surface area contributed by atoms with Crippen LogP contribution >= 0.6 is 0 Å². The third kappa shape index (κ3) is 5.64. The molecule has 0 spiro atoms. The summed E-state index contributed by atoms with van der Waals surface area (Å²) >= 11 is 0. The molecule has 0 bridgehead atoms. The Labute approximate surface area is 134 Å². The fourth-order valence-electron chi connectivity index (χ4n) is 2.05. The van der Waals surface area contributed by atoms with Gasteiger partial charge in [0.1, 0.15) is 0 Å². The first-order chi connectivity index (χ1) is 10.3. The van der Waals surface area contributed by atoms with Gasteiger partial charge in [-0.1, -0.05) is 6.07 Å². The first kappa shape index (κ1) is 18.4. The fourth-order valence-corrected chi connectivity index (χ4v) is 2.05. The zero-order valence-electron chi connectivity index (χ0n) is 14.6. The molecule has 22 heavy (non-hydrogen) atoms. The Hall–Kier alpha value is -1.62. The van der Waals surface area contributed by atoms with Crippen LogP contribution in [0.25, 0.3) is 0 Å². The van der Waals surface area contributed by atoms with E-state index in [0.717, 1.165) is 24.1 Å². The van der Waals surface area contributed by atoms with Gasteiger partial charge in [0.2, 0.25) is 0 Å². The molecule has 1 atom stereocenters. The van der Waals surface area contributed by atoms with Gasteiger partial charge < -0.3 is 15.0 Å². The standard InChI is InChI=1S/C17H29N3O2/c1-13-8-7-10-18-15(13)12-14(2)20(5)16(21)19-11-9-17(3,4)22-6/h7-8,10,14H,9,11-12H2,1-6H3,(H,19,21). The molecular weight excluding hydrogens is 278 g/mol. The lowest BCUT2D eigenvalue weighted by Crippen LogP contribution is -2.44. The number of hydrogen-bond donors (Lipinski definition) is 1. The fraction of sp³-hybridized carbons (Fsp3) is 0.647. The van der Waals surface area contributed by atoms with Crippen molar-refractivity contribution < 1.29 is 9.53 Å². The highest BCUT2D eigenvalue weighted by Gasteiger charge is 2.19. The topological polar surface area (TPSA) is 54.5 Å². The average molecular weight is 307 g/mol. The predicted octanol–water partition coefficient (Wildman–Crippen LogP) is 2.78. The minimum atomic E-state index is -0.220. The molecule has 0 radical (unpaired) electrons. The molecule has 1 aromatic heterocycles. The summed E-state index contributed by atoms with van der Waals surface area (Å²) in [5.74, 6) is 0. The number of methoxy groups -OCH3 is 1. The van der Waals surface area contributed by atoms with Gasteiger partial charge in [-0.15, -0.1) is 0 Å². The van der Waals surface area contributed by atoms with Crippen LogP contribution in [0.4, 0.5) is 4.79 Å². The summed E-state index contributed by atoms with van der Waals surface area (Å²) in [4.78, 5) is 18.3. The number of carbonyl (C=O) groups is 1. The molecule has 0 fully saturated rings. The van der Waals surface area contributed by atoms with E-state index < -0.39 is 0 Å². The number of ether oxygens (including phenoxy) is 1. The number of aryl methyl sites for hydroxylation is 1.